The van der Waals surface area contributed by atoms with Crippen LogP contribution in [0.3, 0.4) is 0 Å². The van der Waals surface area contributed by atoms with Crippen molar-refractivity contribution in [3.8, 4) is 45.3 Å². The molecule has 334 valence electrons. The Morgan fingerprint density at radius 3 is 1.53 bits per heavy atom. The van der Waals surface area contributed by atoms with Gasteiger partial charge in [-0.05, 0) is 6.07 Å². The zero-order valence-corrected chi connectivity index (χ0v) is 41.6. The van der Waals surface area contributed by atoms with Crippen LogP contribution in [0.5, 0.6) is 23.0 Å². The first-order chi connectivity index (χ1) is 35.7. The molecule has 3 aromatic heterocycles. The van der Waals surface area contributed by atoms with Gasteiger partial charge < -0.3 is 0 Å². The van der Waals surface area contributed by atoms with Crippen LogP contribution in [0, 0.1) is 0 Å². The Labute approximate surface area is 423 Å². The Morgan fingerprint density at radius 1 is 0.347 bits per heavy atom. The van der Waals surface area contributed by atoms with Gasteiger partial charge >= 0.3 is 390 Å². The molecular weight excluding hydrogens is 957 g/mol. The maximum absolute atomic E-state index is 6.78. The van der Waals surface area contributed by atoms with Crippen LogP contribution in [0.2, 0.25) is 0 Å². The summed E-state index contributed by atoms with van der Waals surface area (Å²) in [6.07, 6.45) is 0. The predicted octanol–water partition coefficient (Wildman–Crippen LogP) is 11.6. The molecule has 5 heterocycles. The Balaban J connectivity index is 0.886. The molecular formula is C66H40BNO2SeSi. The van der Waals surface area contributed by atoms with Crippen molar-refractivity contribution in [1.29, 1.82) is 0 Å². The normalized spacial score (nSPS) is 12.9. The molecule has 0 unspecified atom stereocenters. The zero-order valence-electron chi connectivity index (χ0n) is 38.8. The van der Waals surface area contributed by atoms with E-state index in [9.17, 15) is 0 Å². The minimum atomic E-state index is -2.96. The number of hydrogen-bond donors (Lipinski definition) is 0. The second kappa shape index (κ2) is 15.3. The molecule has 0 atom stereocenters. The molecule has 6 heteroatoms. The first-order valence-corrected chi connectivity index (χ1v) is 28.5. The third kappa shape index (κ3) is 5.57. The van der Waals surface area contributed by atoms with Crippen LogP contribution in [0.15, 0.2) is 243 Å². The number of ether oxygens (including phenoxy) is 2. The van der Waals surface area contributed by atoms with Crippen molar-refractivity contribution in [2.24, 2.45) is 0 Å². The van der Waals surface area contributed by atoms with Crippen LogP contribution in [0.25, 0.3) is 79.6 Å². The molecule has 14 aromatic rings. The topological polar surface area (TPSA) is 22.9 Å². The van der Waals surface area contributed by atoms with Gasteiger partial charge in [0, 0.05) is 5.39 Å². The average Bonchev–Trinajstić information content (AvgIpc) is 4.11. The van der Waals surface area contributed by atoms with Crippen molar-refractivity contribution in [2.75, 3.05) is 0 Å². The van der Waals surface area contributed by atoms with Gasteiger partial charge in [-0.25, -0.2) is 0 Å². The fourth-order valence-electron chi connectivity index (χ4n) is 12.8. The van der Waals surface area contributed by atoms with Crippen molar-refractivity contribution >= 4 is 124 Å². The minimum absolute atomic E-state index is 0.0134. The maximum atomic E-state index is 6.78. The number of para-hydroxylation sites is 4. The molecule has 3 nitrogen and oxygen atoms in total. The third-order valence-corrected chi connectivity index (χ3v) is 23.3. The number of rotatable bonds is 6. The standard InChI is InChI=1S/C66H40BNO2SeSi/c1-3-18-43(19-4-1)72(44-20-5-2-6-21-44,46-35-36-58-54(40-46)51-27-16-26-50-49-23-7-10-32-57(49)68(58)64(50)51)45-22-13-17-41(37-45)47-24-14-28-52-53-29-15-25-48(66(53)71-65(47)52)42-38-61-63-62(39-42)70-60-34-12-9-31-56(60)67(63)55-30-8-11-33-59(55)69-61/h1-40H. The Kier molecular flexibility index (Phi) is 8.58. The van der Waals surface area contributed by atoms with Crippen molar-refractivity contribution in [3.63, 3.8) is 0 Å². The first-order valence-electron chi connectivity index (χ1n) is 24.8. The number of fused-ring (bicyclic) bond motifs is 13. The zero-order chi connectivity index (χ0) is 47.1. The Hall–Kier alpha value is -8.38. The average molecular weight is 997 g/mol. The monoisotopic (exact) mass is 997 g/mol. The molecule has 72 heavy (non-hydrogen) atoms. The second-order valence-electron chi connectivity index (χ2n) is 19.4. The Bertz CT molecular complexity index is 4430. The fraction of sp³-hybridized carbons (Fsp3) is 0. The summed E-state index contributed by atoms with van der Waals surface area (Å²) < 4.78 is 18.9. The van der Waals surface area contributed by atoms with Gasteiger partial charge in [-0.3, -0.25) is 0 Å². The molecule has 0 amide bonds. The van der Waals surface area contributed by atoms with Gasteiger partial charge in [0.2, 0.25) is 0 Å². The van der Waals surface area contributed by atoms with E-state index in [1.165, 1.54) is 106 Å². The van der Waals surface area contributed by atoms with E-state index in [0.29, 0.717) is 0 Å². The summed E-state index contributed by atoms with van der Waals surface area (Å²) in [7, 11) is -2.96. The molecule has 0 spiro atoms. The quantitative estimate of drug-likeness (QED) is 0.122. The third-order valence-electron chi connectivity index (χ3n) is 15.8. The van der Waals surface area contributed by atoms with E-state index in [1.54, 1.807) is 0 Å². The molecule has 0 radical (unpaired) electrons. The van der Waals surface area contributed by atoms with Crippen molar-refractivity contribution in [3.05, 3.63) is 243 Å². The molecule has 0 bridgehead atoms. The van der Waals surface area contributed by atoms with Crippen LogP contribution in [-0.2, 0) is 0 Å². The molecule has 0 saturated carbocycles. The van der Waals surface area contributed by atoms with Crippen molar-refractivity contribution in [2.45, 2.75) is 0 Å². The number of hydrogen-bond acceptors (Lipinski definition) is 2. The van der Waals surface area contributed by atoms with Crippen LogP contribution in [0.1, 0.15) is 0 Å². The fourth-order valence-corrected chi connectivity index (χ4v) is 20.5. The summed E-state index contributed by atoms with van der Waals surface area (Å²) in [6, 6.07) is 90.6. The van der Waals surface area contributed by atoms with Gasteiger partial charge in [0.1, 0.15) is 0 Å². The number of benzene rings is 11. The van der Waals surface area contributed by atoms with Crippen LogP contribution < -0.4 is 46.6 Å². The van der Waals surface area contributed by atoms with E-state index in [-0.39, 0.29) is 21.2 Å². The molecule has 0 saturated heterocycles. The molecule has 0 N–H and O–H groups in total. The van der Waals surface area contributed by atoms with Gasteiger partial charge in [0.15, 0.2) is 0 Å². The second-order valence-corrected chi connectivity index (χ2v) is 25.4. The SMILES string of the molecule is c1ccc([Si](c2ccccc2)(c2cccc(-c3cccc4c3[se]c3c(-c5cc6c7c(c5)Oc5ccccc5B7c5ccccc5O6)cccc34)c2)c2ccc3c(c2)c2cccc4c5ccccc5n3c42)cc1. The van der Waals surface area contributed by atoms with E-state index < -0.39 is 8.07 Å². The molecule has 16 rings (SSSR count). The van der Waals surface area contributed by atoms with Crippen LogP contribution >= 0.6 is 0 Å². The van der Waals surface area contributed by atoms with E-state index in [2.05, 4.69) is 247 Å². The van der Waals surface area contributed by atoms with Gasteiger partial charge in [-0.1, -0.05) is 24.3 Å². The summed E-state index contributed by atoms with van der Waals surface area (Å²) in [6.45, 7) is 0.0453. The van der Waals surface area contributed by atoms with Gasteiger partial charge in [0.25, 0.3) is 0 Å². The van der Waals surface area contributed by atoms with E-state index >= 15 is 0 Å². The Morgan fingerprint density at radius 2 is 0.847 bits per heavy atom. The summed E-state index contributed by atoms with van der Waals surface area (Å²) in [4.78, 5) is 0. The summed E-state index contributed by atoms with van der Waals surface area (Å²) >= 11 is 0.0134. The number of aromatic nitrogens is 1. The van der Waals surface area contributed by atoms with E-state index in [1.807, 2.05) is 0 Å². The summed E-state index contributed by atoms with van der Waals surface area (Å²) in [5, 5.41) is 13.3. The molecule has 0 aliphatic carbocycles. The summed E-state index contributed by atoms with van der Waals surface area (Å²) in [5.74, 6) is 3.54. The van der Waals surface area contributed by atoms with Gasteiger partial charge in [-0.2, -0.15) is 0 Å². The number of nitrogens with zero attached hydrogens (tertiary/aromatic N) is 1. The van der Waals surface area contributed by atoms with Gasteiger partial charge in [0.05, 0.1) is 0 Å². The predicted molar refractivity (Wildman–Crippen MR) is 305 cm³/mol. The molecule has 0 fully saturated rings. The van der Waals surface area contributed by atoms with E-state index in [0.717, 1.165) is 34.0 Å². The summed E-state index contributed by atoms with van der Waals surface area (Å²) in [5.41, 5.74) is 12.2. The molecule has 2 aliphatic rings. The van der Waals surface area contributed by atoms with E-state index in [4.69, 9.17) is 9.47 Å². The van der Waals surface area contributed by atoms with Crippen LogP contribution in [-0.4, -0.2) is 33.7 Å². The van der Waals surface area contributed by atoms with Crippen molar-refractivity contribution in [1.82, 2.24) is 4.40 Å². The molecule has 11 aromatic carbocycles. The van der Waals surface area contributed by atoms with Crippen LogP contribution in [0.4, 0.5) is 0 Å². The molecule has 2 aliphatic heterocycles. The van der Waals surface area contributed by atoms with Gasteiger partial charge in [-0.15, -0.1) is 0 Å². The first kappa shape index (κ1) is 40.4. The van der Waals surface area contributed by atoms with Crippen molar-refractivity contribution < 1.29 is 9.47 Å².